The first-order chi connectivity index (χ1) is 16.8. The monoisotopic (exact) mass is 492 g/mol. The lowest BCUT2D eigenvalue weighted by molar-refractivity contribution is -0.137. The molecule has 3 heterocycles. The molecule has 35 heavy (non-hydrogen) atoms. The van der Waals surface area contributed by atoms with Gasteiger partial charge in [0.05, 0.1) is 18.3 Å². The summed E-state index contributed by atoms with van der Waals surface area (Å²) >= 11 is 0. The number of rotatable bonds is 6. The largest absolute Gasteiger partial charge is 0.416 e. The number of hydrogen-bond donors (Lipinski definition) is 2. The van der Waals surface area contributed by atoms with E-state index in [9.17, 15) is 18.0 Å². The first kappa shape index (κ1) is 25.4. The fraction of sp³-hybridized carbons (Fsp3) is 0.520. The van der Waals surface area contributed by atoms with Gasteiger partial charge in [0.25, 0.3) is 5.91 Å². The summed E-state index contributed by atoms with van der Waals surface area (Å²) in [6.45, 7) is 4.25. The predicted molar refractivity (Wildman–Crippen MR) is 126 cm³/mol. The number of anilines is 2. The highest BCUT2D eigenvalue weighted by molar-refractivity contribution is 5.95. The first-order valence-electron chi connectivity index (χ1n) is 11.8. The molecule has 2 aliphatic rings. The molecule has 7 nitrogen and oxygen atoms in total. The Labute approximate surface area is 203 Å². The number of likely N-dealkylation sites (tertiary alicyclic amines) is 1. The van der Waals surface area contributed by atoms with Gasteiger partial charge in [0.1, 0.15) is 5.69 Å². The molecule has 190 valence electrons. The van der Waals surface area contributed by atoms with Crippen LogP contribution in [0.15, 0.2) is 36.5 Å². The van der Waals surface area contributed by atoms with Crippen molar-refractivity contribution in [3.8, 4) is 0 Å². The summed E-state index contributed by atoms with van der Waals surface area (Å²) in [5.74, 6) is -0.172. The van der Waals surface area contributed by atoms with Gasteiger partial charge in [-0.05, 0) is 50.5 Å². The van der Waals surface area contributed by atoms with Crippen LogP contribution >= 0.6 is 0 Å². The lowest BCUT2D eigenvalue weighted by atomic mass is 9.99. The third-order valence-electron chi connectivity index (χ3n) is 6.71. The molecule has 0 spiro atoms. The number of benzene rings is 1. The molecule has 1 amide bonds. The lowest BCUT2D eigenvalue weighted by Gasteiger charge is -2.38. The minimum Gasteiger partial charge on any atom is -0.379 e. The van der Waals surface area contributed by atoms with E-state index in [2.05, 4.69) is 15.6 Å². The highest BCUT2D eigenvalue weighted by Crippen LogP contribution is 2.32. The van der Waals surface area contributed by atoms with E-state index < -0.39 is 11.7 Å². The van der Waals surface area contributed by atoms with Gasteiger partial charge in [-0.3, -0.25) is 9.78 Å². The van der Waals surface area contributed by atoms with Crippen LogP contribution in [-0.4, -0.2) is 67.4 Å². The van der Waals surface area contributed by atoms with Crippen molar-refractivity contribution in [1.29, 1.82) is 0 Å². The van der Waals surface area contributed by atoms with Gasteiger partial charge in [-0.25, -0.2) is 0 Å². The predicted octanol–water partition coefficient (Wildman–Crippen LogP) is 4.15. The zero-order valence-electron chi connectivity index (χ0n) is 19.9. The van der Waals surface area contributed by atoms with Gasteiger partial charge in [-0.2, -0.15) is 13.2 Å². The molecule has 2 N–H and O–H groups in total. The van der Waals surface area contributed by atoms with Crippen LogP contribution in [0.5, 0.6) is 0 Å². The molecule has 10 heteroatoms. The quantitative estimate of drug-likeness (QED) is 0.631. The fourth-order valence-electron chi connectivity index (χ4n) is 4.65. The molecule has 2 aromatic rings. The Kier molecular flexibility index (Phi) is 7.93. The number of ether oxygens (including phenoxy) is 2. The Balaban J connectivity index is 1.39. The molecule has 2 fully saturated rings. The lowest BCUT2D eigenvalue weighted by Crippen LogP contribution is -2.54. The third-order valence-corrected chi connectivity index (χ3v) is 6.71. The second-order valence-electron chi connectivity index (χ2n) is 9.01. The molecule has 1 aromatic carbocycles. The topological polar surface area (TPSA) is 75.7 Å². The number of amides is 1. The number of aromatic nitrogens is 1. The summed E-state index contributed by atoms with van der Waals surface area (Å²) in [5.41, 5.74) is 1.00. The first-order valence-corrected chi connectivity index (χ1v) is 11.8. The van der Waals surface area contributed by atoms with Crippen LogP contribution in [0.3, 0.4) is 0 Å². The maximum absolute atomic E-state index is 13.2. The standard InChI is InChI=1S/C25H31F3N4O3/c1-16-20(31-19-5-3-4-17(14-19)25(26,27)28)6-10-29-23(16)24(33)32-11-7-18(8-12-32)30-21-9-13-35-15-22(21)34-2/h3-6,10,14,18,21-22,30H,7-9,11-13,15H2,1-2H3,(H,29,31)/t21-,22+/m0/s1. The van der Waals surface area contributed by atoms with Gasteiger partial charge in [-0.1, -0.05) is 6.07 Å². The number of pyridine rings is 1. The van der Waals surface area contributed by atoms with E-state index in [0.29, 0.717) is 55.0 Å². The number of piperidine rings is 1. The van der Waals surface area contributed by atoms with E-state index >= 15 is 0 Å². The number of halogens is 3. The van der Waals surface area contributed by atoms with Gasteiger partial charge < -0.3 is 25.0 Å². The molecule has 2 atom stereocenters. The van der Waals surface area contributed by atoms with Crippen molar-refractivity contribution in [2.24, 2.45) is 0 Å². The minimum atomic E-state index is -4.43. The summed E-state index contributed by atoms with van der Waals surface area (Å²) in [6, 6.07) is 7.16. The Morgan fingerprint density at radius 1 is 1.20 bits per heavy atom. The van der Waals surface area contributed by atoms with Crippen molar-refractivity contribution >= 4 is 17.3 Å². The van der Waals surface area contributed by atoms with Gasteiger partial charge in [-0.15, -0.1) is 0 Å². The van der Waals surface area contributed by atoms with Gasteiger partial charge in [0.2, 0.25) is 0 Å². The zero-order valence-corrected chi connectivity index (χ0v) is 19.9. The number of nitrogens with one attached hydrogen (secondary N) is 2. The molecule has 0 bridgehead atoms. The summed E-state index contributed by atoms with van der Waals surface area (Å²) in [5, 5.41) is 6.67. The summed E-state index contributed by atoms with van der Waals surface area (Å²) in [4.78, 5) is 19.3. The Bertz CT molecular complexity index is 1030. The van der Waals surface area contributed by atoms with E-state index in [1.54, 1.807) is 31.1 Å². The summed E-state index contributed by atoms with van der Waals surface area (Å²) in [6.07, 6.45) is -0.362. The Morgan fingerprint density at radius 3 is 2.69 bits per heavy atom. The molecule has 0 radical (unpaired) electrons. The van der Waals surface area contributed by atoms with Crippen LogP contribution in [0.1, 0.15) is 40.9 Å². The minimum absolute atomic E-state index is 0.0299. The van der Waals surface area contributed by atoms with Crippen LogP contribution in [0.2, 0.25) is 0 Å². The van der Waals surface area contributed by atoms with Crippen molar-refractivity contribution in [2.45, 2.75) is 50.6 Å². The van der Waals surface area contributed by atoms with Gasteiger partial charge in [0.15, 0.2) is 0 Å². The van der Waals surface area contributed by atoms with Crippen molar-refractivity contribution in [3.63, 3.8) is 0 Å². The maximum Gasteiger partial charge on any atom is 0.416 e. The number of alkyl halides is 3. The Morgan fingerprint density at radius 2 is 1.97 bits per heavy atom. The molecule has 0 aliphatic carbocycles. The molecular weight excluding hydrogens is 461 g/mol. The normalized spacial score (nSPS) is 21.7. The fourth-order valence-corrected chi connectivity index (χ4v) is 4.65. The molecular formula is C25H31F3N4O3. The number of nitrogens with zero attached hydrogens (tertiary/aromatic N) is 2. The molecule has 2 aliphatic heterocycles. The third kappa shape index (κ3) is 6.12. The number of methoxy groups -OCH3 is 1. The van der Waals surface area contributed by atoms with E-state index in [4.69, 9.17) is 9.47 Å². The highest BCUT2D eigenvalue weighted by atomic mass is 19.4. The second kappa shape index (κ2) is 10.9. The van der Waals surface area contributed by atoms with Crippen LogP contribution < -0.4 is 10.6 Å². The summed E-state index contributed by atoms with van der Waals surface area (Å²) < 4.78 is 50.2. The van der Waals surface area contributed by atoms with Crippen molar-refractivity contribution in [2.75, 3.05) is 38.7 Å². The van der Waals surface area contributed by atoms with Crippen molar-refractivity contribution in [1.82, 2.24) is 15.2 Å². The number of carbonyl (C=O) groups is 1. The molecule has 0 saturated carbocycles. The van der Waals surface area contributed by atoms with Gasteiger partial charge in [0, 0.05) is 62.0 Å². The molecule has 2 saturated heterocycles. The zero-order chi connectivity index (χ0) is 25.0. The molecule has 0 unspecified atom stereocenters. The number of carbonyl (C=O) groups excluding carboxylic acids is 1. The number of hydrogen-bond acceptors (Lipinski definition) is 6. The van der Waals surface area contributed by atoms with Crippen LogP contribution in [0.4, 0.5) is 24.5 Å². The smallest absolute Gasteiger partial charge is 0.379 e. The van der Waals surface area contributed by atoms with Gasteiger partial charge >= 0.3 is 6.18 Å². The van der Waals surface area contributed by atoms with E-state index in [1.165, 1.54) is 12.3 Å². The van der Waals surface area contributed by atoms with Crippen molar-refractivity contribution < 1.29 is 27.4 Å². The maximum atomic E-state index is 13.2. The van der Waals surface area contributed by atoms with E-state index in [-0.39, 0.29) is 18.1 Å². The van der Waals surface area contributed by atoms with E-state index in [0.717, 1.165) is 31.4 Å². The van der Waals surface area contributed by atoms with Crippen LogP contribution in [0, 0.1) is 6.92 Å². The average molecular weight is 493 g/mol. The Hall–Kier alpha value is -2.69. The molecule has 4 rings (SSSR count). The average Bonchev–Trinajstić information content (AvgIpc) is 2.85. The van der Waals surface area contributed by atoms with Crippen molar-refractivity contribution in [3.05, 3.63) is 53.3 Å². The van der Waals surface area contributed by atoms with E-state index in [1.807, 2.05) is 0 Å². The summed E-state index contributed by atoms with van der Waals surface area (Å²) in [7, 11) is 1.70. The second-order valence-corrected chi connectivity index (χ2v) is 9.01. The highest BCUT2D eigenvalue weighted by Gasteiger charge is 2.32. The van der Waals surface area contributed by atoms with Crippen LogP contribution in [0.25, 0.3) is 0 Å². The SMILES string of the molecule is CO[C@@H]1COCC[C@@H]1NC1CCN(C(=O)c2nccc(Nc3cccc(C(F)(F)F)c3)c2C)CC1. The molecule has 1 aromatic heterocycles. The van der Waals surface area contributed by atoms with Crippen LogP contribution in [-0.2, 0) is 15.7 Å².